The zero-order valence-electron chi connectivity index (χ0n) is 12.1. The molecule has 2 amide bonds. The Kier molecular flexibility index (Phi) is 5.97. The van der Waals surface area contributed by atoms with Gasteiger partial charge < -0.3 is 10.2 Å². The maximum Gasteiger partial charge on any atom is 0.245 e. The summed E-state index contributed by atoms with van der Waals surface area (Å²) < 4.78 is 11.1. The Labute approximate surface area is 117 Å². The summed E-state index contributed by atoms with van der Waals surface area (Å²) in [5.74, 6) is 0.811. The van der Waals surface area contributed by atoms with E-state index in [1.54, 1.807) is 18.1 Å². The van der Waals surface area contributed by atoms with Crippen LogP contribution < -0.4 is 5.32 Å². The standard InChI is InChI=1S/C13H24N2O3S/c1-9(2)8-11-13(17)15(6-5-7-19(4)18)10(3)12(16)14-11/h9-11H,5-8H2,1-4H3,(H,14,16). The fourth-order valence-electron chi connectivity index (χ4n) is 2.26. The minimum Gasteiger partial charge on any atom is -0.343 e. The molecule has 1 saturated heterocycles. The summed E-state index contributed by atoms with van der Waals surface area (Å²) in [5.41, 5.74) is 0. The lowest BCUT2D eigenvalue weighted by molar-refractivity contribution is -0.149. The van der Waals surface area contributed by atoms with Gasteiger partial charge in [-0.25, -0.2) is 0 Å². The number of hydrogen-bond donors (Lipinski definition) is 1. The van der Waals surface area contributed by atoms with Crippen LogP contribution in [0.4, 0.5) is 0 Å². The molecule has 1 heterocycles. The molecule has 1 N–H and O–H groups in total. The molecule has 0 aliphatic carbocycles. The molecule has 110 valence electrons. The molecule has 3 unspecified atom stereocenters. The molecule has 3 atom stereocenters. The highest BCUT2D eigenvalue weighted by atomic mass is 32.2. The summed E-state index contributed by atoms with van der Waals surface area (Å²) in [6, 6.07) is -0.836. The van der Waals surface area contributed by atoms with Crippen molar-refractivity contribution in [1.29, 1.82) is 0 Å². The lowest BCUT2D eigenvalue weighted by Gasteiger charge is -2.38. The first-order chi connectivity index (χ1) is 8.82. The Balaban J connectivity index is 2.67. The van der Waals surface area contributed by atoms with E-state index in [1.807, 2.05) is 13.8 Å². The Morgan fingerprint density at radius 2 is 2.00 bits per heavy atom. The molecular formula is C13H24N2O3S. The van der Waals surface area contributed by atoms with Crippen molar-refractivity contribution in [2.75, 3.05) is 18.6 Å². The van der Waals surface area contributed by atoms with Gasteiger partial charge in [0.05, 0.1) is 0 Å². The topological polar surface area (TPSA) is 66.5 Å². The number of nitrogens with one attached hydrogen (secondary N) is 1. The van der Waals surface area contributed by atoms with Gasteiger partial charge in [-0.3, -0.25) is 13.8 Å². The zero-order chi connectivity index (χ0) is 14.6. The van der Waals surface area contributed by atoms with Crippen molar-refractivity contribution in [3.8, 4) is 0 Å². The molecule has 0 spiro atoms. The van der Waals surface area contributed by atoms with Crippen LogP contribution in [0.3, 0.4) is 0 Å². The van der Waals surface area contributed by atoms with E-state index in [-0.39, 0.29) is 11.8 Å². The molecule has 0 aromatic rings. The number of amides is 2. The fourth-order valence-corrected chi connectivity index (χ4v) is 2.80. The largest absolute Gasteiger partial charge is 0.343 e. The smallest absolute Gasteiger partial charge is 0.245 e. The van der Waals surface area contributed by atoms with E-state index >= 15 is 0 Å². The van der Waals surface area contributed by atoms with Crippen LogP contribution in [-0.2, 0) is 20.4 Å². The minimum atomic E-state index is -0.858. The summed E-state index contributed by atoms with van der Waals surface area (Å²) in [7, 11) is -0.858. The van der Waals surface area contributed by atoms with Gasteiger partial charge in [0.1, 0.15) is 12.1 Å². The van der Waals surface area contributed by atoms with Gasteiger partial charge in [0, 0.05) is 29.4 Å². The van der Waals surface area contributed by atoms with Crippen LogP contribution in [0.2, 0.25) is 0 Å². The van der Waals surface area contributed by atoms with Crippen molar-refractivity contribution < 1.29 is 13.8 Å². The molecule has 0 saturated carbocycles. The lowest BCUT2D eigenvalue weighted by Crippen LogP contribution is -2.62. The van der Waals surface area contributed by atoms with Gasteiger partial charge in [0.15, 0.2) is 0 Å². The number of carbonyl (C=O) groups excluding carboxylic acids is 2. The summed E-state index contributed by atoms with van der Waals surface area (Å²) >= 11 is 0. The van der Waals surface area contributed by atoms with Crippen molar-refractivity contribution in [2.24, 2.45) is 5.92 Å². The third kappa shape index (κ3) is 4.60. The van der Waals surface area contributed by atoms with Crippen molar-refractivity contribution >= 4 is 22.6 Å². The second-order valence-electron chi connectivity index (χ2n) is 5.53. The van der Waals surface area contributed by atoms with E-state index in [1.165, 1.54) is 0 Å². The molecule has 1 rings (SSSR count). The average Bonchev–Trinajstić information content (AvgIpc) is 2.29. The van der Waals surface area contributed by atoms with Gasteiger partial charge in [0.2, 0.25) is 11.8 Å². The van der Waals surface area contributed by atoms with Gasteiger partial charge in [0.25, 0.3) is 0 Å². The summed E-state index contributed by atoms with van der Waals surface area (Å²) in [6.07, 6.45) is 2.98. The zero-order valence-corrected chi connectivity index (χ0v) is 13.0. The molecule has 19 heavy (non-hydrogen) atoms. The quantitative estimate of drug-likeness (QED) is 0.775. The lowest BCUT2D eigenvalue weighted by atomic mass is 9.99. The number of rotatable bonds is 6. The fraction of sp³-hybridized carbons (Fsp3) is 0.846. The molecule has 5 nitrogen and oxygen atoms in total. The maximum atomic E-state index is 12.3. The Morgan fingerprint density at radius 3 is 2.53 bits per heavy atom. The van der Waals surface area contributed by atoms with E-state index in [0.717, 1.165) is 0 Å². The normalized spacial score (nSPS) is 25.6. The van der Waals surface area contributed by atoms with Gasteiger partial charge in [-0.15, -0.1) is 0 Å². The SMILES string of the molecule is CC(C)CC1NC(=O)C(C)N(CCCS(C)=O)C1=O. The minimum absolute atomic E-state index is 0.0114. The first kappa shape index (κ1) is 16.1. The molecule has 0 aromatic carbocycles. The average molecular weight is 288 g/mol. The Hall–Kier alpha value is -0.910. The first-order valence-corrected chi connectivity index (χ1v) is 8.46. The molecule has 1 aliphatic heterocycles. The molecule has 0 bridgehead atoms. The van der Waals surface area contributed by atoms with Crippen molar-refractivity contribution in [3.63, 3.8) is 0 Å². The van der Waals surface area contributed by atoms with Crippen LogP contribution >= 0.6 is 0 Å². The van der Waals surface area contributed by atoms with E-state index < -0.39 is 22.9 Å². The van der Waals surface area contributed by atoms with Gasteiger partial charge >= 0.3 is 0 Å². The second kappa shape index (κ2) is 7.03. The summed E-state index contributed by atoms with van der Waals surface area (Å²) in [5, 5.41) is 2.79. The van der Waals surface area contributed by atoms with E-state index in [2.05, 4.69) is 5.32 Å². The van der Waals surface area contributed by atoms with Gasteiger partial charge in [-0.05, 0) is 25.7 Å². The van der Waals surface area contributed by atoms with Crippen LogP contribution in [0.15, 0.2) is 0 Å². The Bertz CT molecular complexity index is 371. The number of piperazine rings is 1. The summed E-state index contributed by atoms with van der Waals surface area (Å²) in [6.45, 7) is 6.30. The predicted molar refractivity (Wildman–Crippen MR) is 76.1 cm³/mol. The third-order valence-corrected chi connectivity index (χ3v) is 4.15. The maximum absolute atomic E-state index is 12.3. The van der Waals surface area contributed by atoms with Crippen molar-refractivity contribution in [2.45, 2.75) is 45.7 Å². The monoisotopic (exact) mass is 288 g/mol. The highest BCUT2D eigenvalue weighted by Crippen LogP contribution is 2.15. The van der Waals surface area contributed by atoms with Crippen molar-refractivity contribution in [1.82, 2.24) is 10.2 Å². The highest BCUT2D eigenvalue weighted by Gasteiger charge is 2.37. The van der Waals surface area contributed by atoms with E-state index in [4.69, 9.17) is 0 Å². The van der Waals surface area contributed by atoms with Crippen LogP contribution in [0.5, 0.6) is 0 Å². The number of carbonyl (C=O) groups is 2. The van der Waals surface area contributed by atoms with Crippen LogP contribution in [0.1, 0.15) is 33.6 Å². The van der Waals surface area contributed by atoms with Gasteiger partial charge in [-0.2, -0.15) is 0 Å². The molecule has 1 fully saturated rings. The molecule has 0 radical (unpaired) electrons. The third-order valence-electron chi connectivity index (χ3n) is 3.28. The Morgan fingerprint density at radius 1 is 1.37 bits per heavy atom. The summed E-state index contributed by atoms with van der Waals surface area (Å²) in [4.78, 5) is 25.8. The van der Waals surface area contributed by atoms with Crippen LogP contribution in [0.25, 0.3) is 0 Å². The van der Waals surface area contributed by atoms with Crippen molar-refractivity contribution in [3.05, 3.63) is 0 Å². The van der Waals surface area contributed by atoms with E-state index in [9.17, 15) is 13.8 Å². The van der Waals surface area contributed by atoms with Crippen LogP contribution in [0, 0.1) is 5.92 Å². The highest BCUT2D eigenvalue weighted by molar-refractivity contribution is 7.84. The first-order valence-electron chi connectivity index (χ1n) is 6.73. The molecule has 0 aromatic heterocycles. The van der Waals surface area contributed by atoms with Crippen LogP contribution in [-0.4, -0.2) is 51.6 Å². The molecular weight excluding hydrogens is 264 g/mol. The molecule has 1 aliphatic rings. The number of nitrogens with zero attached hydrogens (tertiary/aromatic N) is 1. The molecule has 6 heteroatoms. The number of hydrogen-bond acceptors (Lipinski definition) is 3. The predicted octanol–water partition coefficient (Wildman–Crippen LogP) is 0.517. The second-order valence-corrected chi connectivity index (χ2v) is 7.08. The van der Waals surface area contributed by atoms with E-state index in [0.29, 0.717) is 31.1 Å². The van der Waals surface area contributed by atoms with Gasteiger partial charge in [-0.1, -0.05) is 13.8 Å².